The SMILES string of the molecule is CC(C(=O)[O-])c1ccc(-c2ccc(O)cc2)cc1. The van der Waals surface area contributed by atoms with Gasteiger partial charge in [-0.25, -0.2) is 0 Å². The molecular weight excluding hydrogens is 228 g/mol. The molecule has 0 heterocycles. The van der Waals surface area contributed by atoms with Crippen LogP contribution in [0.4, 0.5) is 0 Å². The molecule has 0 aliphatic rings. The van der Waals surface area contributed by atoms with Crippen molar-refractivity contribution in [2.24, 2.45) is 0 Å². The van der Waals surface area contributed by atoms with Crippen molar-refractivity contribution in [1.82, 2.24) is 0 Å². The van der Waals surface area contributed by atoms with Gasteiger partial charge in [0.15, 0.2) is 0 Å². The van der Waals surface area contributed by atoms with E-state index < -0.39 is 11.9 Å². The summed E-state index contributed by atoms with van der Waals surface area (Å²) in [7, 11) is 0. The average Bonchev–Trinajstić information content (AvgIpc) is 2.39. The van der Waals surface area contributed by atoms with Crippen LogP contribution in [0.25, 0.3) is 11.1 Å². The molecule has 1 unspecified atom stereocenters. The Hall–Kier alpha value is -2.29. The molecule has 92 valence electrons. The van der Waals surface area contributed by atoms with Gasteiger partial charge in [0.05, 0.1) is 0 Å². The fraction of sp³-hybridized carbons (Fsp3) is 0.133. The minimum atomic E-state index is -1.08. The predicted molar refractivity (Wildman–Crippen MR) is 67.0 cm³/mol. The molecule has 0 spiro atoms. The van der Waals surface area contributed by atoms with E-state index in [2.05, 4.69) is 0 Å². The number of carbonyl (C=O) groups excluding carboxylic acids is 1. The summed E-state index contributed by atoms with van der Waals surface area (Å²) in [6, 6.07) is 14.1. The number of carboxylic acids is 1. The summed E-state index contributed by atoms with van der Waals surface area (Å²) in [5, 5.41) is 20.0. The van der Waals surface area contributed by atoms with E-state index in [9.17, 15) is 15.0 Å². The number of aliphatic carboxylic acids is 1. The third-order valence-electron chi connectivity index (χ3n) is 2.96. The second kappa shape index (κ2) is 4.92. The number of hydrogen-bond donors (Lipinski definition) is 1. The van der Waals surface area contributed by atoms with Crippen molar-refractivity contribution in [2.45, 2.75) is 12.8 Å². The number of benzene rings is 2. The summed E-state index contributed by atoms with van der Waals surface area (Å²) in [5.74, 6) is -1.47. The molecule has 0 saturated heterocycles. The molecule has 1 N–H and O–H groups in total. The van der Waals surface area contributed by atoms with E-state index in [-0.39, 0.29) is 5.75 Å². The Morgan fingerprint density at radius 2 is 1.44 bits per heavy atom. The zero-order valence-corrected chi connectivity index (χ0v) is 9.96. The van der Waals surface area contributed by atoms with E-state index >= 15 is 0 Å². The lowest BCUT2D eigenvalue weighted by molar-refractivity contribution is -0.307. The molecule has 0 aromatic heterocycles. The maximum atomic E-state index is 10.8. The Bertz CT molecular complexity index is 541. The maximum Gasteiger partial charge on any atom is 0.115 e. The summed E-state index contributed by atoms with van der Waals surface area (Å²) in [4.78, 5) is 10.8. The Balaban J connectivity index is 2.27. The molecular formula is C15H13O3-. The van der Waals surface area contributed by atoms with Gasteiger partial charge in [-0.1, -0.05) is 43.3 Å². The van der Waals surface area contributed by atoms with Crippen molar-refractivity contribution in [2.75, 3.05) is 0 Å². The van der Waals surface area contributed by atoms with Crippen LogP contribution in [-0.2, 0) is 4.79 Å². The molecule has 0 aliphatic carbocycles. The van der Waals surface area contributed by atoms with E-state index in [0.717, 1.165) is 16.7 Å². The first kappa shape index (κ1) is 12.2. The summed E-state index contributed by atoms with van der Waals surface area (Å²) < 4.78 is 0. The van der Waals surface area contributed by atoms with Gasteiger partial charge >= 0.3 is 0 Å². The molecule has 2 rings (SSSR count). The van der Waals surface area contributed by atoms with Gasteiger partial charge < -0.3 is 15.0 Å². The van der Waals surface area contributed by atoms with Crippen LogP contribution in [0, 0.1) is 0 Å². The fourth-order valence-electron chi connectivity index (χ4n) is 1.75. The largest absolute Gasteiger partial charge is 0.550 e. The van der Waals surface area contributed by atoms with Gasteiger partial charge in [-0.15, -0.1) is 0 Å². The summed E-state index contributed by atoms with van der Waals surface area (Å²) >= 11 is 0. The van der Waals surface area contributed by atoms with Crippen molar-refractivity contribution in [3.63, 3.8) is 0 Å². The zero-order chi connectivity index (χ0) is 13.1. The lowest BCUT2D eigenvalue weighted by Crippen LogP contribution is -2.27. The van der Waals surface area contributed by atoms with Crippen LogP contribution >= 0.6 is 0 Å². The van der Waals surface area contributed by atoms with Gasteiger partial charge in [-0.2, -0.15) is 0 Å². The van der Waals surface area contributed by atoms with Gasteiger partial charge in [0.1, 0.15) is 5.75 Å². The number of rotatable bonds is 3. The first-order chi connectivity index (χ1) is 8.58. The fourth-order valence-corrected chi connectivity index (χ4v) is 1.75. The summed E-state index contributed by atoms with van der Waals surface area (Å²) in [6.45, 7) is 1.60. The van der Waals surface area contributed by atoms with Crippen molar-refractivity contribution in [3.8, 4) is 16.9 Å². The highest BCUT2D eigenvalue weighted by Crippen LogP contribution is 2.24. The molecule has 2 aromatic carbocycles. The normalized spacial score (nSPS) is 12.1. The monoisotopic (exact) mass is 241 g/mol. The molecule has 0 saturated carbocycles. The first-order valence-corrected chi connectivity index (χ1v) is 5.68. The van der Waals surface area contributed by atoms with Crippen molar-refractivity contribution < 1.29 is 15.0 Å². The standard InChI is InChI=1S/C15H14O3/c1-10(15(17)18)11-2-4-12(5-3-11)13-6-8-14(16)9-7-13/h2-10,16H,1H3,(H,17,18)/p-1. The molecule has 0 amide bonds. The molecule has 0 bridgehead atoms. The second-order valence-corrected chi connectivity index (χ2v) is 4.21. The van der Waals surface area contributed by atoms with Crippen LogP contribution < -0.4 is 5.11 Å². The number of carboxylic acid groups (broad SMARTS) is 1. The third-order valence-corrected chi connectivity index (χ3v) is 2.96. The van der Waals surface area contributed by atoms with Crippen LogP contribution in [-0.4, -0.2) is 11.1 Å². The number of aromatic hydroxyl groups is 1. The van der Waals surface area contributed by atoms with Gasteiger partial charge in [-0.05, 0) is 28.8 Å². The molecule has 3 nitrogen and oxygen atoms in total. The highest BCUT2D eigenvalue weighted by atomic mass is 16.4. The Morgan fingerprint density at radius 1 is 1.00 bits per heavy atom. The van der Waals surface area contributed by atoms with Gasteiger partial charge in [0.25, 0.3) is 0 Å². The van der Waals surface area contributed by atoms with E-state index in [1.807, 2.05) is 24.3 Å². The van der Waals surface area contributed by atoms with Crippen molar-refractivity contribution in [3.05, 3.63) is 54.1 Å². The summed E-state index contributed by atoms with van der Waals surface area (Å²) in [6.07, 6.45) is 0. The minimum absolute atomic E-state index is 0.223. The molecule has 0 fully saturated rings. The zero-order valence-electron chi connectivity index (χ0n) is 9.96. The van der Waals surface area contributed by atoms with Crippen LogP contribution in [0.1, 0.15) is 18.4 Å². The molecule has 0 radical (unpaired) electrons. The van der Waals surface area contributed by atoms with Crippen LogP contribution in [0.2, 0.25) is 0 Å². The van der Waals surface area contributed by atoms with Gasteiger partial charge in [0, 0.05) is 11.9 Å². The average molecular weight is 241 g/mol. The minimum Gasteiger partial charge on any atom is -0.550 e. The van der Waals surface area contributed by atoms with E-state index in [1.165, 1.54) is 0 Å². The Kier molecular flexibility index (Phi) is 3.33. The molecule has 18 heavy (non-hydrogen) atoms. The lowest BCUT2D eigenvalue weighted by atomic mass is 9.98. The first-order valence-electron chi connectivity index (χ1n) is 5.68. The molecule has 3 heteroatoms. The van der Waals surface area contributed by atoms with Crippen molar-refractivity contribution in [1.29, 1.82) is 0 Å². The van der Waals surface area contributed by atoms with E-state index in [1.54, 1.807) is 31.2 Å². The number of hydrogen-bond acceptors (Lipinski definition) is 3. The highest BCUT2D eigenvalue weighted by molar-refractivity contribution is 5.74. The second-order valence-electron chi connectivity index (χ2n) is 4.21. The number of phenolic OH excluding ortho intramolecular Hbond substituents is 1. The molecule has 2 aromatic rings. The third kappa shape index (κ3) is 2.51. The maximum absolute atomic E-state index is 10.8. The van der Waals surface area contributed by atoms with Crippen LogP contribution in [0.3, 0.4) is 0 Å². The topological polar surface area (TPSA) is 60.4 Å². The smallest absolute Gasteiger partial charge is 0.115 e. The highest BCUT2D eigenvalue weighted by Gasteiger charge is 2.06. The van der Waals surface area contributed by atoms with Gasteiger partial charge in [-0.3, -0.25) is 0 Å². The van der Waals surface area contributed by atoms with E-state index in [0.29, 0.717) is 0 Å². The quantitative estimate of drug-likeness (QED) is 0.893. The summed E-state index contributed by atoms with van der Waals surface area (Å²) in [5.41, 5.74) is 2.67. The number of phenols is 1. The van der Waals surface area contributed by atoms with Crippen LogP contribution in [0.15, 0.2) is 48.5 Å². The molecule has 1 atom stereocenters. The number of carbonyl (C=O) groups is 1. The van der Waals surface area contributed by atoms with Crippen LogP contribution in [0.5, 0.6) is 5.75 Å². The predicted octanol–water partition coefficient (Wildman–Crippen LogP) is 1.91. The van der Waals surface area contributed by atoms with Crippen molar-refractivity contribution >= 4 is 5.97 Å². The molecule has 0 aliphatic heterocycles. The Morgan fingerprint density at radius 3 is 1.89 bits per heavy atom. The van der Waals surface area contributed by atoms with E-state index in [4.69, 9.17) is 0 Å². The Labute approximate surface area is 105 Å². The van der Waals surface area contributed by atoms with Gasteiger partial charge in [0.2, 0.25) is 0 Å². The lowest BCUT2D eigenvalue weighted by Gasteiger charge is -2.13.